The summed E-state index contributed by atoms with van der Waals surface area (Å²) in [6.45, 7) is 7.12. The van der Waals surface area contributed by atoms with Crippen LogP contribution in [0.5, 0.6) is 5.75 Å². The molecule has 2 amide bonds. The summed E-state index contributed by atoms with van der Waals surface area (Å²) >= 11 is 0. The van der Waals surface area contributed by atoms with Crippen LogP contribution in [0, 0.1) is 0 Å². The number of nitrogens with zero attached hydrogens (tertiary/aromatic N) is 4. The van der Waals surface area contributed by atoms with Crippen molar-refractivity contribution in [3.63, 3.8) is 0 Å². The second-order valence-electron chi connectivity index (χ2n) is 13.6. The lowest BCUT2D eigenvalue weighted by Gasteiger charge is -2.25. The molecule has 0 bridgehead atoms. The van der Waals surface area contributed by atoms with Crippen LogP contribution >= 0.6 is 7.52 Å². The summed E-state index contributed by atoms with van der Waals surface area (Å²) in [6, 6.07) is 14.0. The standard InChI is InChI=1S/C37H49N8O8P/c1-24(2)52-36(47)26(4)44-54(49,23-51-25(3)19-45-22-41-32-33(38)39-21-40-34(32)45)53-30-16-14-27(15-17-30)18-31(35(46)42-29-12-8-9-13-29)43-37(48)50-20-28-10-6-5-7-11-28/h5-7,10-11,14-17,21-22,24-26,29,31H,8-9,12-13,18-20,23H2,1-4H3,(H,42,46)(H,43,48)(H,44,49)(H2,38,39,40)/t25-,26+,31+,54-/m1/s1. The highest BCUT2D eigenvalue weighted by Gasteiger charge is 2.32. The molecule has 0 radical (unpaired) electrons. The van der Waals surface area contributed by atoms with Crippen molar-refractivity contribution < 1.29 is 37.7 Å². The Morgan fingerprint density at radius 3 is 2.39 bits per heavy atom. The Morgan fingerprint density at radius 1 is 0.963 bits per heavy atom. The van der Waals surface area contributed by atoms with E-state index in [-0.39, 0.29) is 42.6 Å². The largest absolute Gasteiger partial charge is 0.462 e. The zero-order chi connectivity index (χ0) is 38.7. The molecule has 1 fully saturated rings. The summed E-state index contributed by atoms with van der Waals surface area (Å²) in [5.74, 6) is -0.426. The molecular weight excluding hydrogens is 715 g/mol. The van der Waals surface area contributed by atoms with Gasteiger partial charge in [0.05, 0.1) is 25.1 Å². The van der Waals surface area contributed by atoms with E-state index in [1.165, 1.54) is 13.3 Å². The first-order valence-electron chi connectivity index (χ1n) is 18.0. The fourth-order valence-corrected chi connectivity index (χ4v) is 7.73. The number of nitrogens with two attached hydrogens (primary N) is 1. The molecule has 5 rings (SSSR count). The molecule has 0 saturated heterocycles. The van der Waals surface area contributed by atoms with Crippen molar-refractivity contribution in [3.8, 4) is 5.75 Å². The maximum Gasteiger partial charge on any atom is 0.408 e. The van der Waals surface area contributed by atoms with Gasteiger partial charge < -0.3 is 39.7 Å². The number of rotatable bonds is 18. The van der Waals surface area contributed by atoms with Crippen LogP contribution in [0.25, 0.3) is 11.2 Å². The molecular formula is C37H49N8O8P. The number of nitrogen functional groups attached to an aromatic ring is 1. The Bertz CT molecular complexity index is 1900. The molecule has 4 atom stereocenters. The number of benzene rings is 2. The smallest absolute Gasteiger partial charge is 0.408 e. The highest BCUT2D eigenvalue weighted by Crippen LogP contribution is 2.44. The van der Waals surface area contributed by atoms with Crippen molar-refractivity contribution in [3.05, 3.63) is 78.4 Å². The minimum atomic E-state index is -3.90. The molecule has 4 aromatic rings. The number of aromatic nitrogens is 4. The van der Waals surface area contributed by atoms with Crippen molar-refractivity contribution in [1.29, 1.82) is 0 Å². The van der Waals surface area contributed by atoms with Gasteiger partial charge >= 0.3 is 19.6 Å². The van der Waals surface area contributed by atoms with E-state index >= 15 is 0 Å². The number of nitrogens with one attached hydrogen (secondary N) is 3. The van der Waals surface area contributed by atoms with Gasteiger partial charge in [-0.15, -0.1) is 0 Å². The van der Waals surface area contributed by atoms with Gasteiger partial charge in [0.15, 0.2) is 11.5 Å². The van der Waals surface area contributed by atoms with Gasteiger partial charge in [0.1, 0.15) is 42.6 Å². The predicted molar refractivity (Wildman–Crippen MR) is 201 cm³/mol. The molecule has 0 unspecified atom stereocenters. The van der Waals surface area contributed by atoms with Gasteiger partial charge in [-0.05, 0) is 63.8 Å². The molecule has 0 spiro atoms. The van der Waals surface area contributed by atoms with Crippen LogP contribution in [0.3, 0.4) is 0 Å². The SMILES string of the molecule is CC(C)OC(=O)[C@H](C)N[P@@](=O)(CO[C@H](C)Cn1cnc2c(N)ncnc21)Oc1ccc(C[C@H](NC(=O)OCc2ccccc2)C(=O)NC2CCCC2)cc1. The third-order valence-electron chi connectivity index (χ3n) is 8.65. The van der Waals surface area contributed by atoms with Gasteiger partial charge in [0.2, 0.25) is 5.91 Å². The zero-order valence-electron chi connectivity index (χ0n) is 31.0. The number of anilines is 1. The Kier molecular flexibility index (Phi) is 14.0. The number of imidazole rings is 1. The summed E-state index contributed by atoms with van der Waals surface area (Å²) in [5, 5.41) is 8.59. The fourth-order valence-electron chi connectivity index (χ4n) is 5.94. The number of hydrogen-bond donors (Lipinski definition) is 4. The van der Waals surface area contributed by atoms with Crippen LogP contribution in [0.15, 0.2) is 67.3 Å². The topological polar surface area (TPSA) is 211 Å². The molecule has 54 heavy (non-hydrogen) atoms. The van der Waals surface area contributed by atoms with Gasteiger partial charge in [-0.25, -0.2) is 24.8 Å². The van der Waals surface area contributed by atoms with Gasteiger partial charge in [0, 0.05) is 12.5 Å². The second-order valence-corrected chi connectivity index (χ2v) is 15.7. The molecule has 17 heteroatoms. The summed E-state index contributed by atoms with van der Waals surface area (Å²) in [7, 11) is -3.90. The molecule has 0 aliphatic heterocycles. The molecule has 5 N–H and O–H groups in total. The predicted octanol–water partition coefficient (Wildman–Crippen LogP) is 4.87. The molecule has 2 aromatic carbocycles. The summed E-state index contributed by atoms with van der Waals surface area (Å²) < 4.78 is 38.8. The van der Waals surface area contributed by atoms with Crippen LogP contribution in [0.1, 0.15) is 64.5 Å². The Balaban J connectivity index is 1.26. The number of ether oxygens (including phenoxy) is 3. The van der Waals surface area contributed by atoms with Crippen LogP contribution in [-0.2, 0) is 47.9 Å². The number of hydrogen-bond acceptors (Lipinski definition) is 12. The molecule has 1 aliphatic rings. The Morgan fingerprint density at radius 2 is 1.69 bits per heavy atom. The monoisotopic (exact) mass is 764 g/mol. The number of amides is 2. The summed E-state index contributed by atoms with van der Waals surface area (Å²) in [6.07, 6.45) is 4.96. The Hall–Kier alpha value is -5.05. The average molecular weight is 765 g/mol. The van der Waals surface area contributed by atoms with Crippen molar-refractivity contribution in [1.82, 2.24) is 35.2 Å². The van der Waals surface area contributed by atoms with Gasteiger partial charge in [-0.2, -0.15) is 0 Å². The van der Waals surface area contributed by atoms with E-state index in [0.29, 0.717) is 23.3 Å². The van der Waals surface area contributed by atoms with E-state index < -0.39 is 44.1 Å². The van der Waals surface area contributed by atoms with E-state index in [9.17, 15) is 18.9 Å². The maximum atomic E-state index is 14.3. The first-order chi connectivity index (χ1) is 25.9. The van der Waals surface area contributed by atoms with Crippen LogP contribution in [0.2, 0.25) is 0 Å². The van der Waals surface area contributed by atoms with Crippen molar-refractivity contribution in [2.24, 2.45) is 0 Å². The lowest BCUT2D eigenvalue weighted by Crippen LogP contribution is -2.50. The van der Waals surface area contributed by atoms with E-state index in [1.807, 2.05) is 30.3 Å². The number of carbonyl (C=O) groups is 3. The highest BCUT2D eigenvalue weighted by atomic mass is 31.2. The van der Waals surface area contributed by atoms with Gasteiger partial charge in [-0.3, -0.25) is 14.2 Å². The van der Waals surface area contributed by atoms with Crippen LogP contribution < -0.4 is 26.0 Å². The number of alkyl carbamates (subject to hydrolysis) is 1. The normalized spacial score (nSPS) is 15.9. The average Bonchev–Trinajstić information content (AvgIpc) is 3.81. The minimum absolute atomic E-state index is 0.0526. The van der Waals surface area contributed by atoms with Crippen molar-refractivity contribution in [2.75, 3.05) is 12.1 Å². The fraction of sp³-hybridized carbons (Fsp3) is 0.459. The van der Waals surface area contributed by atoms with Crippen LogP contribution in [-0.4, -0.2) is 74.2 Å². The number of esters is 1. The number of carbonyl (C=O) groups excluding carboxylic acids is 3. The first kappa shape index (κ1) is 40.1. The Labute approximate surface area is 314 Å². The highest BCUT2D eigenvalue weighted by molar-refractivity contribution is 7.57. The van der Waals surface area contributed by atoms with Gasteiger partial charge in [0.25, 0.3) is 0 Å². The number of fused-ring (bicyclic) bond motifs is 1. The van der Waals surface area contributed by atoms with Gasteiger partial charge in [-0.1, -0.05) is 55.3 Å². The van der Waals surface area contributed by atoms with E-state index in [2.05, 4.69) is 30.7 Å². The van der Waals surface area contributed by atoms with E-state index in [4.69, 9.17) is 24.5 Å². The van der Waals surface area contributed by atoms with Crippen LogP contribution in [0.4, 0.5) is 10.6 Å². The second kappa shape index (κ2) is 18.8. The zero-order valence-corrected chi connectivity index (χ0v) is 31.9. The maximum absolute atomic E-state index is 14.3. The lowest BCUT2D eigenvalue weighted by molar-refractivity contribution is -0.149. The molecule has 1 saturated carbocycles. The summed E-state index contributed by atoms with van der Waals surface area (Å²) in [5.41, 5.74) is 8.43. The molecule has 16 nitrogen and oxygen atoms in total. The van der Waals surface area contributed by atoms with E-state index in [1.54, 1.807) is 55.9 Å². The quantitative estimate of drug-likeness (QED) is 0.0788. The van der Waals surface area contributed by atoms with E-state index in [0.717, 1.165) is 31.2 Å². The summed E-state index contributed by atoms with van der Waals surface area (Å²) in [4.78, 5) is 51.4. The van der Waals surface area contributed by atoms with Crippen molar-refractivity contribution in [2.45, 2.75) is 103 Å². The van der Waals surface area contributed by atoms with Crippen molar-refractivity contribution >= 4 is 42.5 Å². The molecule has 1 aliphatic carbocycles. The molecule has 2 heterocycles. The molecule has 290 valence electrons. The third-order valence-corrected chi connectivity index (χ3v) is 10.4. The minimum Gasteiger partial charge on any atom is -0.462 e. The first-order valence-corrected chi connectivity index (χ1v) is 19.8. The third kappa shape index (κ3) is 11.7. The lowest BCUT2D eigenvalue weighted by atomic mass is 10.0. The molecule has 2 aromatic heterocycles.